The molecule has 0 spiro atoms. The molecule has 0 bridgehead atoms. The summed E-state index contributed by atoms with van der Waals surface area (Å²) in [6.07, 6.45) is 0.837. The van der Waals surface area contributed by atoms with Crippen molar-refractivity contribution in [3.05, 3.63) is 89.0 Å². The van der Waals surface area contributed by atoms with Crippen LogP contribution in [0.1, 0.15) is 22.3 Å². The number of anilines is 1. The van der Waals surface area contributed by atoms with Crippen molar-refractivity contribution in [3.8, 4) is 17.1 Å². The van der Waals surface area contributed by atoms with Crippen LogP contribution in [0.25, 0.3) is 11.4 Å². The van der Waals surface area contributed by atoms with Crippen LogP contribution in [0.3, 0.4) is 0 Å². The highest BCUT2D eigenvalue weighted by Crippen LogP contribution is 2.27. The molecule has 0 unspecified atom stereocenters. The summed E-state index contributed by atoms with van der Waals surface area (Å²) >= 11 is 1.40. The van der Waals surface area contributed by atoms with Crippen LogP contribution in [-0.2, 0) is 17.8 Å². The standard InChI is InChI=1S/C28H30N4O2S/c1-19-16-20(2)26(21(3)17-19)29-25(33)18-35-28-31-30-27(23-10-12-24(34-4)13-11-23)32(28)15-14-22-8-6-5-7-9-22/h5-13,16-17H,14-15,18H2,1-4H3,(H,29,33). The van der Waals surface area contributed by atoms with Gasteiger partial charge in [-0.2, -0.15) is 0 Å². The van der Waals surface area contributed by atoms with Gasteiger partial charge in [0.2, 0.25) is 5.91 Å². The normalized spacial score (nSPS) is 10.9. The number of nitrogens with one attached hydrogen (secondary N) is 1. The molecule has 0 fully saturated rings. The van der Waals surface area contributed by atoms with Crippen molar-refractivity contribution in [2.75, 3.05) is 18.2 Å². The highest BCUT2D eigenvalue weighted by atomic mass is 32.2. The Balaban J connectivity index is 1.53. The molecule has 0 radical (unpaired) electrons. The fraction of sp³-hybridized carbons (Fsp3) is 0.250. The summed E-state index contributed by atoms with van der Waals surface area (Å²) in [6, 6.07) is 22.3. The lowest BCUT2D eigenvalue weighted by molar-refractivity contribution is -0.113. The van der Waals surface area contributed by atoms with E-state index in [9.17, 15) is 4.79 Å². The molecule has 1 heterocycles. The maximum Gasteiger partial charge on any atom is 0.234 e. The Morgan fingerprint density at radius 1 is 0.971 bits per heavy atom. The number of carbonyl (C=O) groups excluding carboxylic acids is 1. The van der Waals surface area contributed by atoms with E-state index in [2.05, 4.69) is 51.3 Å². The van der Waals surface area contributed by atoms with Gasteiger partial charge in [-0.05, 0) is 68.1 Å². The van der Waals surface area contributed by atoms with Gasteiger partial charge in [0, 0.05) is 17.8 Å². The number of nitrogens with zero attached hydrogens (tertiary/aromatic N) is 3. The average molecular weight is 487 g/mol. The second-order valence-electron chi connectivity index (χ2n) is 8.53. The van der Waals surface area contributed by atoms with Gasteiger partial charge in [0.15, 0.2) is 11.0 Å². The fourth-order valence-electron chi connectivity index (χ4n) is 4.12. The lowest BCUT2D eigenvalue weighted by Gasteiger charge is -2.13. The molecule has 35 heavy (non-hydrogen) atoms. The zero-order valence-electron chi connectivity index (χ0n) is 20.5. The number of ether oxygens (including phenoxy) is 1. The van der Waals surface area contributed by atoms with Gasteiger partial charge in [-0.1, -0.05) is 59.8 Å². The maximum absolute atomic E-state index is 12.8. The van der Waals surface area contributed by atoms with E-state index in [0.29, 0.717) is 6.54 Å². The number of hydrogen-bond donors (Lipinski definition) is 1. The molecule has 180 valence electrons. The Morgan fingerprint density at radius 2 is 1.66 bits per heavy atom. The van der Waals surface area contributed by atoms with E-state index in [4.69, 9.17) is 4.74 Å². The maximum atomic E-state index is 12.8. The van der Waals surface area contributed by atoms with Crippen LogP contribution in [-0.4, -0.2) is 33.5 Å². The molecule has 1 aromatic heterocycles. The third-order valence-electron chi connectivity index (χ3n) is 5.81. The Labute approximate surface area is 210 Å². The summed E-state index contributed by atoms with van der Waals surface area (Å²) in [4.78, 5) is 12.8. The van der Waals surface area contributed by atoms with Crippen molar-refractivity contribution in [1.29, 1.82) is 0 Å². The zero-order chi connectivity index (χ0) is 24.8. The first-order valence-electron chi connectivity index (χ1n) is 11.6. The van der Waals surface area contributed by atoms with Gasteiger partial charge in [0.1, 0.15) is 5.75 Å². The van der Waals surface area contributed by atoms with Crippen molar-refractivity contribution in [2.45, 2.75) is 38.9 Å². The quantitative estimate of drug-likeness (QED) is 0.301. The minimum atomic E-state index is -0.0614. The second-order valence-corrected chi connectivity index (χ2v) is 9.47. The number of aryl methyl sites for hydroxylation is 4. The molecular weight excluding hydrogens is 456 g/mol. The molecule has 3 aromatic carbocycles. The minimum absolute atomic E-state index is 0.0614. The van der Waals surface area contributed by atoms with Crippen LogP contribution >= 0.6 is 11.8 Å². The third-order valence-corrected chi connectivity index (χ3v) is 6.77. The van der Waals surface area contributed by atoms with E-state index in [1.807, 2.05) is 56.3 Å². The first-order valence-corrected chi connectivity index (χ1v) is 12.5. The molecule has 0 saturated heterocycles. The van der Waals surface area contributed by atoms with Gasteiger partial charge >= 0.3 is 0 Å². The molecular formula is C28H30N4O2S. The predicted octanol–water partition coefficient (Wildman–Crippen LogP) is 5.85. The van der Waals surface area contributed by atoms with Crippen LogP contribution in [0.4, 0.5) is 5.69 Å². The topological polar surface area (TPSA) is 69.0 Å². The lowest BCUT2D eigenvalue weighted by Crippen LogP contribution is -2.16. The number of rotatable bonds is 9. The highest BCUT2D eigenvalue weighted by molar-refractivity contribution is 7.99. The number of thioether (sulfide) groups is 1. The molecule has 1 N–H and O–H groups in total. The van der Waals surface area contributed by atoms with Gasteiger partial charge in [-0.25, -0.2) is 0 Å². The Hall–Kier alpha value is -3.58. The van der Waals surface area contributed by atoms with Crippen molar-refractivity contribution in [2.24, 2.45) is 0 Å². The monoisotopic (exact) mass is 486 g/mol. The SMILES string of the molecule is COc1ccc(-c2nnc(SCC(=O)Nc3c(C)cc(C)cc3C)n2CCc2ccccc2)cc1. The fourth-order valence-corrected chi connectivity index (χ4v) is 4.88. The molecule has 0 saturated carbocycles. The molecule has 1 amide bonds. The summed E-state index contributed by atoms with van der Waals surface area (Å²) in [5.74, 6) is 1.75. The summed E-state index contributed by atoms with van der Waals surface area (Å²) in [5.41, 5.74) is 6.38. The van der Waals surface area contributed by atoms with Crippen LogP contribution in [0.5, 0.6) is 5.75 Å². The second kappa shape index (κ2) is 11.2. The van der Waals surface area contributed by atoms with Gasteiger partial charge in [-0.15, -0.1) is 10.2 Å². The number of methoxy groups -OCH3 is 1. The van der Waals surface area contributed by atoms with E-state index in [-0.39, 0.29) is 11.7 Å². The van der Waals surface area contributed by atoms with E-state index in [1.54, 1.807) is 7.11 Å². The first kappa shape index (κ1) is 24.5. The van der Waals surface area contributed by atoms with E-state index < -0.39 is 0 Å². The van der Waals surface area contributed by atoms with Crippen LogP contribution in [0.15, 0.2) is 71.9 Å². The molecule has 7 heteroatoms. The van der Waals surface area contributed by atoms with Crippen molar-refractivity contribution >= 4 is 23.4 Å². The minimum Gasteiger partial charge on any atom is -0.497 e. The number of carbonyl (C=O) groups is 1. The van der Waals surface area contributed by atoms with Gasteiger partial charge in [0.25, 0.3) is 0 Å². The van der Waals surface area contributed by atoms with Crippen LogP contribution in [0.2, 0.25) is 0 Å². The van der Waals surface area contributed by atoms with Crippen molar-refractivity contribution in [1.82, 2.24) is 14.8 Å². The van der Waals surface area contributed by atoms with Crippen LogP contribution < -0.4 is 10.1 Å². The molecule has 0 atom stereocenters. The zero-order valence-corrected chi connectivity index (χ0v) is 21.4. The lowest BCUT2D eigenvalue weighted by atomic mass is 10.1. The summed E-state index contributed by atoms with van der Waals surface area (Å²) in [5, 5.41) is 12.7. The Kier molecular flexibility index (Phi) is 7.87. The summed E-state index contributed by atoms with van der Waals surface area (Å²) < 4.78 is 7.38. The molecule has 0 aliphatic heterocycles. The third kappa shape index (κ3) is 6.11. The Bertz CT molecular complexity index is 1280. The largest absolute Gasteiger partial charge is 0.497 e. The van der Waals surface area contributed by atoms with Gasteiger partial charge in [-0.3, -0.25) is 4.79 Å². The van der Waals surface area contributed by atoms with Crippen LogP contribution in [0, 0.1) is 20.8 Å². The Morgan fingerprint density at radius 3 is 2.31 bits per heavy atom. The first-order chi connectivity index (χ1) is 16.9. The van der Waals surface area contributed by atoms with E-state index in [1.165, 1.54) is 22.9 Å². The molecule has 4 rings (SSSR count). The van der Waals surface area contributed by atoms with Gasteiger partial charge in [0.05, 0.1) is 12.9 Å². The van der Waals surface area contributed by atoms with Crippen molar-refractivity contribution < 1.29 is 9.53 Å². The average Bonchev–Trinajstić information content (AvgIpc) is 3.27. The number of aromatic nitrogens is 3. The summed E-state index contributed by atoms with van der Waals surface area (Å²) in [7, 11) is 1.65. The van der Waals surface area contributed by atoms with E-state index in [0.717, 1.165) is 45.5 Å². The number of benzene rings is 3. The van der Waals surface area contributed by atoms with Gasteiger partial charge < -0.3 is 14.6 Å². The molecule has 0 aliphatic rings. The molecule has 0 aliphatic carbocycles. The van der Waals surface area contributed by atoms with Crippen molar-refractivity contribution in [3.63, 3.8) is 0 Å². The number of hydrogen-bond acceptors (Lipinski definition) is 5. The smallest absolute Gasteiger partial charge is 0.234 e. The van der Waals surface area contributed by atoms with E-state index >= 15 is 0 Å². The number of amides is 1. The predicted molar refractivity (Wildman–Crippen MR) is 142 cm³/mol. The molecule has 6 nitrogen and oxygen atoms in total. The molecule has 4 aromatic rings. The highest BCUT2D eigenvalue weighted by Gasteiger charge is 2.17. The summed E-state index contributed by atoms with van der Waals surface area (Å²) in [6.45, 7) is 6.80.